The fourth-order valence-electron chi connectivity index (χ4n) is 3.02. The molecule has 0 bridgehead atoms. The molecule has 27 heavy (non-hydrogen) atoms. The van der Waals surface area contributed by atoms with Gasteiger partial charge in [0, 0.05) is 11.9 Å². The van der Waals surface area contributed by atoms with Crippen molar-refractivity contribution in [2.24, 2.45) is 0 Å². The number of para-hydroxylation sites is 1. The summed E-state index contributed by atoms with van der Waals surface area (Å²) in [5.74, 6) is 2.26. The van der Waals surface area contributed by atoms with Crippen molar-refractivity contribution in [2.75, 3.05) is 12.2 Å². The lowest BCUT2D eigenvalue weighted by Gasteiger charge is -2.14. The van der Waals surface area contributed by atoms with Gasteiger partial charge in [-0.25, -0.2) is 4.98 Å². The molecule has 0 unspecified atom stereocenters. The van der Waals surface area contributed by atoms with E-state index in [0.29, 0.717) is 11.7 Å². The highest BCUT2D eigenvalue weighted by Gasteiger charge is 2.13. The highest BCUT2D eigenvalue weighted by Crippen LogP contribution is 2.32. The largest absolute Gasteiger partial charge is 0.454 e. The molecule has 0 fully saturated rings. The Morgan fingerprint density at radius 2 is 1.93 bits per heavy atom. The minimum Gasteiger partial charge on any atom is -0.454 e. The van der Waals surface area contributed by atoms with Crippen molar-refractivity contribution in [3.05, 3.63) is 59.2 Å². The van der Waals surface area contributed by atoms with Crippen molar-refractivity contribution in [2.45, 2.75) is 20.4 Å². The zero-order valence-electron chi connectivity index (χ0n) is 15.1. The van der Waals surface area contributed by atoms with Gasteiger partial charge in [-0.15, -0.1) is 0 Å². The first-order valence-corrected chi connectivity index (χ1v) is 9.06. The predicted molar refractivity (Wildman–Crippen MR) is 110 cm³/mol. The average molecular weight is 380 g/mol. The molecule has 0 amide bonds. The Labute approximate surface area is 162 Å². The molecule has 3 N–H and O–H groups in total. The molecule has 6 nitrogen and oxygen atoms in total. The van der Waals surface area contributed by atoms with E-state index in [1.165, 1.54) is 0 Å². The second-order valence-corrected chi connectivity index (χ2v) is 6.82. The van der Waals surface area contributed by atoms with E-state index in [2.05, 4.69) is 47.1 Å². The third kappa shape index (κ3) is 3.73. The second kappa shape index (κ2) is 7.28. The maximum absolute atomic E-state index is 5.39. The number of aromatic nitrogens is 1. The molecule has 1 aliphatic heterocycles. The van der Waals surface area contributed by atoms with Crippen LogP contribution in [0.2, 0.25) is 0 Å². The van der Waals surface area contributed by atoms with Crippen LogP contribution in [0, 0.1) is 13.8 Å². The molecule has 0 saturated heterocycles. The molecule has 0 saturated carbocycles. The summed E-state index contributed by atoms with van der Waals surface area (Å²) in [7, 11) is 0. The van der Waals surface area contributed by atoms with Crippen molar-refractivity contribution in [1.82, 2.24) is 15.7 Å². The Morgan fingerprint density at radius 3 is 2.81 bits per heavy atom. The molecule has 0 radical (unpaired) electrons. The zero-order chi connectivity index (χ0) is 18.8. The van der Waals surface area contributed by atoms with Crippen LogP contribution in [0.25, 0.3) is 10.9 Å². The third-order valence-electron chi connectivity index (χ3n) is 4.44. The molecule has 1 aliphatic rings. The number of ether oxygens (including phenoxy) is 2. The maximum atomic E-state index is 5.39. The number of rotatable bonds is 4. The van der Waals surface area contributed by atoms with Crippen molar-refractivity contribution in [3.63, 3.8) is 0 Å². The van der Waals surface area contributed by atoms with Crippen LogP contribution in [0.15, 0.2) is 42.5 Å². The molecular formula is C20H20N4O2S. The van der Waals surface area contributed by atoms with Gasteiger partial charge in [-0.2, -0.15) is 0 Å². The first-order chi connectivity index (χ1) is 13.1. The number of fused-ring (bicyclic) bond motifs is 2. The number of benzene rings is 2. The van der Waals surface area contributed by atoms with Gasteiger partial charge in [-0.1, -0.05) is 24.3 Å². The van der Waals surface area contributed by atoms with E-state index in [1.807, 2.05) is 30.3 Å². The summed E-state index contributed by atoms with van der Waals surface area (Å²) in [5, 5.41) is 4.80. The SMILES string of the molecule is Cc1cc(NNC(=S)NCc2ccc3c(c2)OCO3)nc2c(C)cccc12. The van der Waals surface area contributed by atoms with E-state index in [9.17, 15) is 0 Å². The van der Waals surface area contributed by atoms with Gasteiger partial charge in [0.2, 0.25) is 6.79 Å². The van der Waals surface area contributed by atoms with Crippen molar-refractivity contribution >= 4 is 34.1 Å². The average Bonchev–Trinajstić information content (AvgIpc) is 3.13. The predicted octanol–water partition coefficient (Wildman–Crippen LogP) is 3.57. The summed E-state index contributed by atoms with van der Waals surface area (Å²) in [6.07, 6.45) is 0. The Hall–Kier alpha value is -3.06. The van der Waals surface area contributed by atoms with Gasteiger partial charge >= 0.3 is 0 Å². The van der Waals surface area contributed by atoms with Gasteiger partial charge in [-0.3, -0.25) is 10.9 Å². The summed E-state index contributed by atoms with van der Waals surface area (Å²) in [6, 6.07) is 14.0. The lowest BCUT2D eigenvalue weighted by Crippen LogP contribution is -2.38. The number of anilines is 1. The molecule has 2 heterocycles. The summed E-state index contributed by atoms with van der Waals surface area (Å²) >= 11 is 5.34. The van der Waals surface area contributed by atoms with Crippen molar-refractivity contribution < 1.29 is 9.47 Å². The Morgan fingerprint density at radius 1 is 1.07 bits per heavy atom. The van der Waals surface area contributed by atoms with Gasteiger partial charge in [-0.05, 0) is 61.0 Å². The van der Waals surface area contributed by atoms with Crippen LogP contribution in [0.3, 0.4) is 0 Å². The van der Waals surface area contributed by atoms with Crippen LogP contribution in [0.4, 0.5) is 5.82 Å². The van der Waals surface area contributed by atoms with Crippen LogP contribution >= 0.6 is 12.2 Å². The van der Waals surface area contributed by atoms with Gasteiger partial charge in [0.05, 0.1) is 5.52 Å². The van der Waals surface area contributed by atoms with Gasteiger partial charge in [0.15, 0.2) is 16.6 Å². The first kappa shape index (κ1) is 17.4. The number of aryl methyl sites for hydroxylation is 2. The molecular weight excluding hydrogens is 360 g/mol. The quantitative estimate of drug-likeness (QED) is 0.472. The number of pyridine rings is 1. The van der Waals surface area contributed by atoms with Gasteiger partial charge < -0.3 is 14.8 Å². The van der Waals surface area contributed by atoms with E-state index >= 15 is 0 Å². The fourth-order valence-corrected chi connectivity index (χ4v) is 3.15. The molecule has 2 aromatic carbocycles. The molecule has 7 heteroatoms. The lowest BCUT2D eigenvalue weighted by molar-refractivity contribution is 0.174. The van der Waals surface area contributed by atoms with E-state index < -0.39 is 0 Å². The fraction of sp³-hybridized carbons (Fsp3) is 0.200. The minimum absolute atomic E-state index is 0.272. The number of hydrogen-bond donors (Lipinski definition) is 3. The Balaban J connectivity index is 1.36. The molecule has 0 atom stereocenters. The van der Waals surface area contributed by atoms with Crippen LogP contribution in [-0.4, -0.2) is 16.9 Å². The molecule has 4 rings (SSSR count). The molecule has 0 spiro atoms. The van der Waals surface area contributed by atoms with Crippen LogP contribution < -0.4 is 25.6 Å². The highest BCUT2D eigenvalue weighted by molar-refractivity contribution is 7.80. The molecule has 3 aromatic rings. The highest BCUT2D eigenvalue weighted by atomic mass is 32.1. The second-order valence-electron chi connectivity index (χ2n) is 6.42. The number of nitrogens with zero attached hydrogens (tertiary/aromatic N) is 1. The summed E-state index contributed by atoms with van der Waals surface area (Å²) in [5.41, 5.74) is 10.4. The number of thiocarbonyl (C=S) groups is 1. The number of nitrogens with one attached hydrogen (secondary N) is 3. The number of hydrogen-bond acceptors (Lipinski definition) is 5. The topological polar surface area (TPSA) is 67.4 Å². The summed E-state index contributed by atoms with van der Waals surface area (Å²) < 4.78 is 10.7. The minimum atomic E-state index is 0.272. The van der Waals surface area contributed by atoms with E-state index in [1.54, 1.807) is 0 Å². The monoisotopic (exact) mass is 380 g/mol. The summed E-state index contributed by atoms with van der Waals surface area (Å²) in [6.45, 7) is 4.98. The van der Waals surface area contributed by atoms with Crippen LogP contribution in [0.5, 0.6) is 11.5 Å². The lowest BCUT2D eigenvalue weighted by atomic mass is 10.1. The van der Waals surface area contributed by atoms with E-state index in [-0.39, 0.29) is 6.79 Å². The molecule has 0 aliphatic carbocycles. The smallest absolute Gasteiger partial charge is 0.231 e. The third-order valence-corrected chi connectivity index (χ3v) is 4.69. The van der Waals surface area contributed by atoms with Gasteiger partial charge in [0.25, 0.3) is 0 Å². The van der Waals surface area contributed by atoms with Crippen molar-refractivity contribution in [1.29, 1.82) is 0 Å². The molecule has 138 valence electrons. The van der Waals surface area contributed by atoms with E-state index in [0.717, 1.165) is 44.9 Å². The summed E-state index contributed by atoms with van der Waals surface area (Å²) in [4.78, 5) is 4.67. The van der Waals surface area contributed by atoms with E-state index in [4.69, 9.17) is 21.7 Å². The molecule has 1 aromatic heterocycles. The standard InChI is InChI=1S/C20H20N4O2S/c1-12-4-3-5-15-13(2)8-18(22-19(12)15)23-24-20(27)21-10-14-6-7-16-17(9-14)26-11-25-16/h3-9H,10-11H2,1-2H3,(H,22,23)(H2,21,24,27). The zero-order valence-corrected chi connectivity index (χ0v) is 15.9. The maximum Gasteiger partial charge on any atom is 0.231 e. The Kier molecular flexibility index (Phi) is 4.68. The van der Waals surface area contributed by atoms with Crippen molar-refractivity contribution in [3.8, 4) is 11.5 Å². The van der Waals surface area contributed by atoms with Gasteiger partial charge in [0.1, 0.15) is 5.82 Å². The van der Waals surface area contributed by atoms with Crippen LogP contribution in [0.1, 0.15) is 16.7 Å². The van der Waals surface area contributed by atoms with Crippen LogP contribution in [-0.2, 0) is 6.54 Å². The first-order valence-electron chi connectivity index (χ1n) is 8.65. The normalized spacial score (nSPS) is 12.1. The number of hydrazine groups is 1. The Bertz CT molecular complexity index is 1020.